The Balaban J connectivity index is 2.36. The molecule has 1 aliphatic rings. The Bertz CT molecular complexity index is 572. The second kappa shape index (κ2) is 5.97. The van der Waals surface area contributed by atoms with Gasteiger partial charge < -0.3 is 0 Å². The Morgan fingerprint density at radius 1 is 1.30 bits per heavy atom. The molecule has 1 nitrogen and oxygen atoms in total. The molecule has 0 N–H and O–H groups in total. The summed E-state index contributed by atoms with van der Waals surface area (Å²) in [5, 5.41) is 0. The summed E-state index contributed by atoms with van der Waals surface area (Å²) in [4.78, 5) is 4.19. The summed E-state index contributed by atoms with van der Waals surface area (Å²) in [5.74, 6) is 0. The van der Waals surface area contributed by atoms with Gasteiger partial charge in [0.1, 0.15) is 5.50 Å². The Labute approximate surface area is 127 Å². The van der Waals surface area contributed by atoms with E-state index in [4.69, 9.17) is 11.6 Å². The molecule has 0 aliphatic heterocycles. The van der Waals surface area contributed by atoms with Crippen molar-refractivity contribution in [3.05, 3.63) is 47.0 Å². The summed E-state index contributed by atoms with van der Waals surface area (Å²) in [6.07, 6.45) is 9.25. The Kier molecular flexibility index (Phi) is 4.49. The zero-order valence-electron chi connectivity index (χ0n) is 12.7. The largest absolute Gasteiger partial charge is 0.274 e. The summed E-state index contributed by atoms with van der Waals surface area (Å²) in [6.45, 7) is 8.59. The number of hydrogen-bond donors (Lipinski definition) is 0. The molecule has 0 saturated heterocycles. The molecule has 20 heavy (non-hydrogen) atoms. The van der Waals surface area contributed by atoms with Crippen LogP contribution in [-0.4, -0.2) is 11.7 Å². The topological polar surface area (TPSA) is 12.4 Å². The molecule has 1 atom stereocenters. The van der Waals surface area contributed by atoms with Gasteiger partial charge in [-0.05, 0) is 47.1 Å². The van der Waals surface area contributed by atoms with E-state index in [0.717, 1.165) is 6.42 Å². The lowest BCUT2D eigenvalue weighted by Gasteiger charge is -2.22. The normalized spacial score (nSPS) is 18.6. The minimum Gasteiger partial charge on any atom is -0.274 e. The highest BCUT2D eigenvalue weighted by Crippen LogP contribution is 2.32. The molecule has 0 bridgehead atoms. The first kappa shape index (κ1) is 15.1. The minimum absolute atomic E-state index is 0.172. The Morgan fingerprint density at radius 3 is 2.70 bits per heavy atom. The third kappa shape index (κ3) is 3.61. The van der Waals surface area contributed by atoms with E-state index < -0.39 is 0 Å². The molecule has 0 aromatic heterocycles. The standard InChI is InChI=1S/C18H22ClN/c1-13(19)20-11-10-14-6-5-7-15-12-16(18(2,3)4)8-9-17(14)15/h5,7-13H,6H2,1-4H3. The second-order valence-electron chi connectivity index (χ2n) is 6.22. The smallest absolute Gasteiger partial charge is 0.121 e. The first-order valence-electron chi connectivity index (χ1n) is 7.06. The van der Waals surface area contributed by atoms with E-state index in [2.05, 4.69) is 62.2 Å². The van der Waals surface area contributed by atoms with Gasteiger partial charge in [0, 0.05) is 6.21 Å². The van der Waals surface area contributed by atoms with Crippen molar-refractivity contribution in [3.63, 3.8) is 0 Å². The first-order valence-corrected chi connectivity index (χ1v) is 7.49. The monoisotopic (exact) mass is 287 g/mol. The van der Waals surface area contributed by atoms with Gasteiger partial charge >= 0.3 is 0 Å². The average molecular weight is 288 g/mol. The third-order valence-corrected chi connectivity index (χ3v) is 3.58. The van der Waals surface area contributed by atoms with Crippen LogP contribution in [0.2, 0.25) is 0 Å². The maximum Gasteiger partial charge on any atom is 0.121 e. The molecule has 1 unspecified atom stereocenters. The number of fused-ring (bicyclic) bond motifs is 1. The lowest BCUT2D eigenvalue weighted by molar-refractivity contribution is 0.590. The van der Waals surface area contributed by atoms with Crippen molar-refractivity contribution in [1.29, 1.82) is 0 Å². The molecule has 1 aliphatic carbocycles. The van der Waals surface area contributed by atoms with Gasteiger partial charge in [0.05, 0.1) is 0 Å². The van der Waals surface area contributed by atoms with Crippen molar-refractivity contribution in [2.75, 3.05) is 0 Å². The molecular weight excluding hydrogens is 266 g/mol. The molecule has 2 rings (SSSR count). The highest BCUT2D eigenvalue weighted by molar-refractivity contribution is 6.20. The Hall–Kier alpha value is -1.34. The van der Waals surface area contributed by atoms with E-state index in [1.54, 1.807) is 0 Å². The van der Waals surface area contributed by atoms with Crippen molar-refractivity contribution < 1.29 is 0 Å². The molecule has 2 heteroatoms. The fraction of sp³-hybridized carbons (Fsp3) is 0.389. The van der Waals surface area contributed by atoms with E-state index in [9.17, 15) is 0 Å². The predicted molar refractivity (Wildman–Crippen MR) is 90.6 cm³/mol. The van der Waals surface area contributed by atoms with Crippen LogP contribution in [0.25, 0.3) is 11.6 Å². The van der Waals surface area contributed by atoms with E-state index in [-0.39, 0.29) is 10.9 Å². The maximum atomic E-state index is 5.83. The highest BCUT2D eigenvalue weighted by atomic mass is 35.5. The van der Waals surface area contributed by atoms with Gasteiger partial charge in [0.2, 0.25) is 0 Å². The molecule has 106 valence electrons. The van der Waals surface area contributed by atoms with Crippen LogP contribution in [-0.2, 0) is 5.41 Å². The van der Waals surface area contributed by atoms with Crippen LogP contribution in [0.5, 0.6) is 0 Å². The lowest BCUT2D eigenvalue weighted by atomic mass is 9.82. The fourth-order valence-electron chi connectivity index (χ4n) is 2.29. The number of alkyl halides is 1. The van der Waals surface area contributed by atoms with Crippen molar-refractivity contribution in [2.45, 2.75) is 45.0 Å². The number of halogens is 1. The zero-order valence-corrected chi connectivity index (χ0v) is 13.4. The summed E-state index contributed by atoms with van der Waals surface area (Å²) in [6, 6.07) is 6.75. The quantitative estimate of drug-likeness (QED) is 0.390. The van der Waals surface area contributed by atoms with Gasteiger partial charge in [-0.25, -0.2) is 0 Å². The maximum absolute atomic E-state index is 5.83. The second-order valence-corrected chi connectivity index (χ2v) is 6.85. The molecule has 1 aromatic carbocycles. The third-order valence-electron chi connectivity index (χ3n) is 3.47. The summed E-state index contributed by atoms with van der Waals surface area (Å²) in [7, 11) is 0. The predicted octanol–water partition coefficient (Wildman–Crippen LogP) is 5.44. The summed E-state index contributed by atoms with van der Waals surface area (Å²) < 4.78 is 0. The molecule has 1 aromatic rings. The average Bonchev–Trinajstić information content (AvgIpc) is 2.37. The molecular formula is C18H22ClN. The number of hydrogen-bond acceptors (Lipinski definition) is 1. The van der Waals surface area contributed by atoms with E-state index in [1.165, 1.54) is 22.3 Å². The van der Waals surface area contributed by atoms with Gasteiger partial charge in [0.15, 0.2) is 0 Å². The van der Waals surface area contributed by atoms with Gasteiger partial charge in [-0.1, -0.05) is 62.7 Å². The minimum atomic E-state index is -0.172. The molecule has 0 saturated carbocycles. The molecule has 0 heterocycles. The zero-order chi connectivity index (χ0) is 14.8. The van der Waals surface area contributed by atoms with Crippen LogP contribution in [0.3, 0.4) is 0 Å². The van der Waals surface area contributed by atoms with Gasteiger partial charge in [-0.2, -0.15) is 0 Å². The number of rotatable bonds is 2. The van der Waals surface area contributed by atoms with Crippen LogP contribution in [0.15, 0.2) is 35.3 Å². The molecule has 0 spiro atoms. The number of nitrogens with zero attached hydrogens (tertiary/aromatic N) is 1. The van der Waals surface area contributed by atoms with E-state index >= 15 is 0 Å². The van der Waals surface area contributed by atoms with Crippen molar-refractivity contribution >= 4 is 29.5 Å². The van der Waals surface area contributed by atoms with Crippen molar-refractivity contribution in [2.24, 2.45) is 4.99 Å². The number of allylic oxidation sites excluding steroid dienone is 3. The van der Waals surface area contributed by atoms with E-state index in [1.807, 2.05) is 13.1 Å². The van der Waals surface area contributed by atoms with E-state index in [0.29, 0.717) is 0 Å². The Morgan fingerprint density at radius 2 is 2.05 bits per heavy atom. The number of aliphatic imine (C=N–C) groups is 1. The van der Waals surface area contributed by atoms with Crippen LogP contribution >= 0.6 is 11.6 Å². The molecule has 0 radical (unpaired) electrons. The summed E-state index contributed by atoms with van der Waals surface area (Å²) >= 11 is 5.83. The van der Waals surface area contributed by atoms with Crippen LogP contribution in [0, 0.1) is 0 Å². The van der Waals surface area contributed by atoms with Crippen LogP contribution < -0.4 is 0 Å². The highest BCUT2D eigenvalue weighted by Gasteiger charge is 2.16. The van der Waals surface area contributed by atoms with Crippen molar-refractivity contribution in [3.8, 4) is 0 Å². The SMILES string of the molecule is CC(Cl)N=CC=C1CC=Cc2cc(C(C)(C)C)ccc21. The fourth-order valence-corrected chi connectivity index (χ4v) is 2.36. The van der Waals surface area contributed by atoms with Gasteiger partial charge in [0.25, 0.3) is 0 Å². The van der Waals surface area contributed by atoms with Gasteiger partial charge in [-0.15, -0.1) is 0 Å². The van der Waals surface area contributed by atoms with Gasteiger partial charge in [-0.3, -0.25) is 4.99 Å². The van der Waals surface area contributed by atoms with Crippen molar-refractivity contribution in [1.82, 2.24) is 0 Å². The van der Waals surface area contributed by atoms with Crippen LogP contribution in [0.1, 0.15) is 50.8 Å². The molecule has 0 fully saturated rings. The number of benzene rings is 1. The van der Waals surface area contributed by atoms with Crippen LogP contribution in [0.4, 0.5) is 0 Å². The molecule has 0 amide bonds. The first-order chi connectivity index (χ1) is 9.38. The lowest BCUT2D eigenvalue weighted by Crippen LogP contribution is -2.11. The summed E-state index contributed by atoms with van der Waals surface area (Å²) in [5.41, 5.74) is 5.26.